The van der Waals surface area contributed by atoms with Gasteiger partial charge in [0.2, 0.25) is 6.19 Å². The minimum absolute atomic E-state index is 0.741. The highest BCUT2D eigenvalue weighted by atomic mass is 14.7. The summed E-state index contributed by atoms with van der Waals surface area (Å²) in [6.07, 6.45) is 1.81. The second kappa shape index (κ2) is 5.09. The van der Waals surface area contributed by atoms with Gasteiger partial charge >= 0.3 is 0 Å². The van der Waals surface area contributed by atoms with Gasteiger partial charge in [-0.2, -0.15) is 10.3 Å². The highest BCUT2D eigenvalue weighted by Gasteiger charge is 2.00. The molecule has 0 bridgehead atoms. The molecule has 2 heteroatoms. The quantitative estimate of drug-likeness (QED) is 0.562. The van der Waals surface area contributed by atoms with E-state index < -0.39 is 0 Å². The van der Waals surface area contributed by atoms with Gasteiger partial charge in [0.05, 0.1) is 5.71 Å². The van der Waals surface area contributed by atoms with Crippen molar-refractivity contribution >= 4 is 5.71 Å². The molecule has 17 heavy (non-hydrogen) atoms. The summed E-state index contributed by atoms with van der Waals surface area (Å²) >= 11 is 0. The van der Waals surface area contributed by atoms with Crippen molar-refractivity contribution in [3.63, 3.8) is 0 Å². The van der Waals surface area contributed by atoms with Crippen molar-refractivity contribution in [1.29, 1.82) is 5.26 Å². The molecular weight excluding hydrogens is 208 g/mol. The van der Waals surface area contributed by atoms with E-state index in [1.807, 2.05) is 49.5 Å². The van der Waals surface area contributed by atoms with Crippen molar-refractivity contribution in [1.82, 2.24) is 0 Å². The molecule has 82 valence electrons. The van der Waals surface area contributed by atoms with E-state index in [0.29, 0.717) is 0 Å². The van der Waals surface area contributed by atoms with Crippen molar-refractivity contribution < 1.29 is 0 Å². The second-order valence-corrected chi connectivity index (χ2v) is 3.74. The van der Waals surface area contributed by atoms with Gasteiger partial charge in [-0.25, -0.2) is 0 Å². The van der Waals surface area contributed by atoms with Crippen LogP contribution in [-0.4, -0.2) is 5.71 Å². The number of hydrogen-bond donors (Lipinski definition) is 0. The molecule has 2 aromatic carbocycles. The van der Waals surface area contributed by atoms with Gasteiger partial charge in [-0.05, 0) is 29.7 Å². The number of nitrogens with zero attached hydrogens (tertiary/aromatic N) is 2. The minimum atomic E-state index is 0.741. The fourth-order valence-corrected chi connectivity index (χ4v) is 1.69. The smallest absolute Gasteiger partial charge is 0.178 e. The van der Waals surface area contributed by atoms with E-state index in [1.165, 1.54) is 5.56 Å². The van der Waals surface area contributed by atoms with Gasteiger partial charge in [-0.15, -0.1) is 0 Å². The van der Waals surface area contributed by atoms with Gasteiger partial charge in [-0.3, -0.25) is 0 Å². The van der Waals surface area contributed by atoms with Gasteiger partial charge in [0, 0.05) is 0 Å². The Morgan fingerprint density at radius 2 is 1.71 bits per heavy atom. The van der Waals surface area contributed by atoms with Gasteiger partial charge in [-0.1, -0.05) is 48.5 Å². The Morgan fingerprint density at radius 1 is 1.00 bits per heavy atom. The minimum Gasteiger partial charge on any atom is -0.178 e. The standard InChI is InChI=1S/C15H12N2/c1-12(17-11-16)14-8-5-9-15(10-14)13-6-3-2-4-7-13/h2-10H,1H3. The SMILES string of the molecule is CC(=NC#N)c1cccc(-c2ccccc2)c1. The number of rotatable bonds is 2. The molecule has 0 heterocycles. The highest BCUT2D eigenvalue weighted by Crippen LogP contribution is 2.20. The first-order valence-electron chi connectivity index (χ1n) is 5.40. The Morgan fingerprint density at radius 3 is 2.41 bits per heavy atom. The summed E-state index contributed by atoms with van der Waals surface area (Å²) in [7, 11) is 0. The third kappa shape index (κ3) is 2.59. The number of benzene rings is 2. The lowest BCUT2D eigenvalue weighted by Crippen LogP contribution is -1.93. The zero-order valence-electron chi connectivity index (χ0n) is 9.59. The molecule has 0 N–H and O–H groups in total. The van der Waals surface area contributed by atoms with Crippen LogP contribution >= 0.6 is 0 Å². The fraction of sp³-hybridized carbons (Fsp3) is 0.0667. The topological polar surface area (TPSA) is 36.1 Å². The van der Waals surface area contributed by atoms with Gasteiger partial charge in [0.1, 0.15) is 0 Å². The molecule has 0 aliphatic carbocycles. The second-order valence-electron chi connectivity index (χ2n) is 3.74. The van der Waals surface area contributed by atoms with E-state index in [0.717, 1.165) is 16.8 Å². The van der Waals surface area contributed by atoms with Crippen LogP contribution in [0.2, 0.25) is 0 Å². The summed E-state index contributed by atoms with van der Waals surface area (Å²) in [4.78, 5) is 3.75. The number of aliphatic imine (C=N–C) groups is 1. The summed E-state index contributed by atoms with van der Waals surface area (Å²) in [6, 6.07) is 18.2. The third-order valence-corrected chi connectivity index (χ3v) is 2.61. The largest absolute Gasteiger partial charge is 0.205 e. The molecule has 0 saturated carbocycles. The van der Waals surface area contributed by atoms with E-state index >= 15 is 0 Å². The van der Waals surface area contributed by atoms with Crippen LogP contribution in [0.15, 0.2) is 59.6 Å². The highest BCUT2D eigenvalue weighted by molar-refractivity contribution is 6.00. The zero-order chi connectivity index (χ0) is 12.1. The lowest BCUT2D eigenvalue weighted by molar-refractivity contribution is 1.42. The Labute approximate surface area is 101 Å². The van der Waals surface area contributed by atoms with Crippen molar-refractivity contribution in [2.24, 2.45) is 4.99 Å². The fourth-order valence-electron chi connectivity index (χ4n) is 1.69. The van der Waals surface area contributed by atoms with E-state index in [9.17, 15) is 0 Å². The van der Waals surface area contributed by atoms with Crippen molar-refractivity contribution in [3.05, 3.63) is 60.2 Å². The van der Waals surface area contributed by atoms with Crippen LogP contribution in [0, 0.1) is 11.5 Å². The number of hydrogen-bond acceptors (Lipinski definition) is 2. The predicted octanol–water partition coefficient (Wildman–Crippen LogP) is 3.64. The van der Waals surface area contributed by atoms with Crippen molar-refractivity contribution in [2.45, 2.75) is 6.92 Å². The predicted molar refractivity (Wildman–Crippen MR) is 69.7 cm³/mol. The molecule has 2 nitrogen and oxygen atoms in total. The molecule has 0 spiro atoms. The average molecular weight is 220 g/mol. The maximum absolute atomic E-state index is 8.55. The first kappa shape index (κ1) is 11.1. The van der Waals surface area contributed by atoms with Gasteiger partial charge in [0.15, 0.2) is 0 Å². The third-order valence-electron chi connectivity index (χ3n) is 2.61. The van der Waals surface area contributed by atoms with Crippen molar-refractivity contribution in [2.75, 3.05) is 0 Å². The molecule has 0 aliphatic heterocycles. The molecule has 0 unspecified atom stereocenters. The maximum Gasteiger partial charge on any atom is 0.205 e. The molecule has 0 fully saturated rings. The molecule has 0 atom stereocenters. The molecule has 0 saturated heterocycles. The van der Waals surface area contributed by atoms with Crippen LogP contribution in [0.5, 0.6) is 0 Å². The van der Waals surface area contributed by atoms with Crippen LogP contribution < -0.4 is 0 Å². The molecule has 0 amide bonds. The van der Waals surface area contributed by atoms with Crippen LogP contribution in [0.25, 0.3) is 11.1 Å². The normalized spacial score (nSPS) is 10.9. The van der Waals surface area contributed by atoms with Crippen molar-refractivity contribution in [3.8, 4) is 17.3 Å². The van der Waals surface area contributed by atoms with Crippen LogP contribution in [0.1, 0.15) is 12.5 Å². The zero-order valence-corrected chi connectivity index (χ0v) is 9.59. The van der Waals surface area contributed by atoms with E-state index in [1.54, 1.807) is 0 Å². The van der Waals surface area contributed by atoms with Crippen LogP contribution in [0.4, 0.5) is 0 Å². The Kier molecular flexibility index (Phi) is 3.32. The molecule has 0 radical (unpaired) electrons. The molecule has 0 aromatic heterocycles. The van der Waals surface area contributed by atoms with E-state index in [-0.39, 0.29) is 0 Å². The first-order valence-corrected chi connectivity index (χ1v) is 5.40. The summed E-state index contributed by atoms with van der Waals surface area (Å²) in [6.45, 7) is 1.84. The molecule has 0 aliphatic rings. The van der Waals surface area contributed by atoms with E-state index in [2.05, 4.69) is 23.2 Å². The van der Waals surface area contributed by atoms with E-state index in [4.69, 9.17) is 5.26 Å². The Hall–Kier alpha value is -2.40. The average Bonchev–Trinajstić information content (AvgIpc) is 2.40. The Balaban J connectivity index is 2.43. The van der Waals surface area contributed by atoms with Gasteiger partial charge < -0.3 is 0 Å². The first-order chi connectivity index (χ1) is 8.31. The lowest BCUT2D eigenvalue weighted by atomic mass is 10.0. The molecule has 2 rings (SSSR count). The summed E-state index contributed by atoms with van der Waals surface area (Å²) < 4.78 is 0. The monoisotopic (exact) mass is 220 g/mol. The van der Waals surface area contributed by atoms with Crippen LogP contribution in [-0.2, 0) is 0 Å². The molecule has 2 aromatic rings. The Bertz CT molecular complexity index is 577. The summed E-state index contributed by atoms with van der Waals surface area (Å²) in [5.41, 5.74) is 4.02. The summed E-state index contributed by atoms with van der Waals surface area (Å²) in [5.74, 6) is 0. The summed E-state index contributed by atoms with van der Waals surface area (Å²) in [5, 5.41) is 8.55. The number of nitriles is 1. The van der Waals surface area contributed by atoms with Crippen LogP contribution in [0.3, 0.4) is 0 Å². The maximum atomic E-state index is 8.55. The van der Waals surface area contributed by atoms with Gasteiger partial charge in [0.25, 0.3) is 0 Å². The molecular formula is C15H12N2. The lowest BCUT2D eigenvalue weighted by Gasteiger charge is -2.04.